The van der Waals surface area contributed by atoms with Crippen LogP contribution < -0.4 is 19.7 Å². The zero-order valence-corrected chi connectivity index (χ0v) is 17.9. The number of fused-ring (bicyclic) bond motifs is 1. The van der Waals surface area contributed by atoms with Gasteiger partial charge >= 0.3 is 0 Å². The molecule has 164 valence electrons. The number of hydrogen-bond donors (Lipinski definition) is 1. The molecule has 1 N–H and O–H groups in total. The molecular weight excluding hydrogens is 394 g/mol. The Kier molecular flexibility index (Phi) is 6.72. The molecule has 1 unspecified atom stereocenters. The molecule has 1 fully saturated rings. The first-order valence-corrected chi connectivity index (χ1v) is 10.8. The Bertz CT molecular complexity index is 909. The number of methoxy groups -OCH3 is 1. The number of piperidine rings is 1. The lowest BCUT2D eigenvalue weighted by Gasteiger charge is -2.35. The van der Waals surface area contributed by atoms with Crippen LogP contribution in [0.2, 0.25) is 0 Å². The normalized spacial score (nSPS) is 17.5. The van der Waals surface area contributed by atoms with Crippen molar-refractivity contribution >= 4 is 17.5 Å². The third-order valence-corrected chi connectivity index (χ3v) is 5.93. The fourth-order valence-electron chi connectivity index (χ4n) is 4.25. The van der Waals surface area contributed by atoms with Gasteiger partial charge in [0, 0.05) is 6.54 Å². The fourth-order valence-corrected chi connectivity index (χ4v) is 4.25. The van der Waals surface area contributed by atoms with Crippen LogP contribution in [0.5, 0.6) is 11.5 Å². The highest BCUT2D eigenvalue weighted by Gasteiger charge is 2.28. The van der Waals surface area contributed by atoms with Gasteiger partial charge in [-0.1, -0.05) is 30.7 Å². The predicted molar refractivity (Wildman–Crippen MR) is 118 cm³/mol. The molecule has 0 radical (unpaired) electrons. The smallest absolute Gasteiger partial charge is 0.265 e. The van der Waals surface area contributed by atoms with E-state index in [9.17, 15) is 9.59 Å². The molecule has 2 aromatic carbocycles. The third-order valence-electron chi connectivity index (χ3n) is 5.93. The number of carbonyl (C=O) groups is 2. The van der Waals surface area contributed by atoms with Gasteiger partial charge in [0.2, 0.25) is 5.91 Å². The van der Waals surface area contributed by atoms with Crippen LogP contribution in [0.3, 0.4) is 0 Å². The average Bonchev–Trinajstić information content (AvgIpc) is 2.82. The number of carbonyl (C=O) groups excluding carboxylic acids is 2. The highest BCUT2D eigenvalue weighted by Crippen LogP contribution is 2.31. The second-order valence-corrected chi connectivity index (χ2v) is 7.93. The van der Waals surface area contributed by atoms with Crippen molar-refractivity contribution in [2.45, 2.75) is 25.3 Å². The molecule has 0 aliphatic carbocycles. The molecule has 0 aromatic heterocycles. The van der Waals surface area contributed by atoms with E-state index in [2.05, 4.69) is 22.3 Å². The predicted octanol–water partition coefficient (Wildman–Crippen LogP) is 2.76. The van der Waals surface area contributed by atoms with Crippen LogP contribution in [0.4, 0.5) is 5.69 Å². The van der Waals surface area contributed by atoms with Crippen LogP contribution in [0, 0.1) is 0 Å². The molecule has 2 amide bonds. The molecule has 4 rings (SSSR count). The van der Waals surface area contributed by atoms with Crippen LogP contribution in [0.1, 0.15) is 30.9 Å². The first-order valence-electron chi connectivity index (χ1n) is 10.8. The first kappa shape index (κ1) is 21.2. The Morgan fingerprint density at radius 2 is 1.84 bits per heavy atom. The number of amides is 2. The van der Waals surface area contributed by atoms with E-state index in [1.165, 1.54) is 24.2 Å². The lowest BCUT2D eigenvalue weighted by molar-refractivity contribution is -0.125. The minimum atomic E-state index is -0.211. The second kappa shape index (κ2) is 9.83. The van der Waals surface area contributed by atoms with Gasteiger partial charge < -0.3 is 14.8 Å². The molecule has 2 aliphatic heterocycles. The molecule has 1 saturated heterocycles. The van der Waals surface area contributed by atoms with E-state index in [1.54, 1.807) is 13.2 Å². The maximum Gasteiger partial charge on any atom is 0.265 e. The van der Waals surface area contributed by atoms with E-state index >= 15 is 0 Å². The van der Waals surface area contributed by atoms with Crippen molar-refractivity contribution in [1.82, 2.24) is 10.2 Å². The topological polar surface area (TPSA) is 71.1 Å². The lowest BCUT2D eigenvalue weighted by atomic mass is 10.0. The average molecular weight is 424 g/mol. The number of likely N-dealkylation sites (tertiary alicyclic amines) is 1. The van der Waals surface area contributed by atoms with Crippen LogP contribution in [-0.2, 0) is 9.59 Å². The molecule has 2 aliphatic rings. The molecule has 2 aromatic rings. The highest BCUT2D eigenvalue weighted by molar-refractivity contribution is 6.02. The summed E-state index contributed by atoms with van der Waals surface area (Å²) in [5.74, 6) is 1.05. The van der Waals surface area contributed by atoms with E-state index in [0.717, 1.165) is 24.4 Å². The standard InChI is InChI=1S/C24H29N3O4/c1-30-19-11-9-18(10-12-19)21(26-13-5-2-6-14-26)15-25-23(28)16-27-20-7-3-4-8-22(20)31-17-24(27)29/h3-4,7-12,21H,2,5-6,13-17H2,1H3,(H,25,28). The number of para-hydroxylation sites is 2. The van der Waals surface area contributed by atoms with Gasteiger partial charge in [-0.2, -0.15) is 0 Å². The van der Waals surface area contributed by atoms with Crippen LogP contribution in [0.15, 0.2) is 48.5 Å². The van der Waals surface area contributed by atoms with E-state index in [1.807, 2.05) is 30.3 Å². The van der Waals surface area contributed by atoms with Gasteiger partial charge in [-0.15, -0.1) is 0 Å². The minimum Gasteiger partial charge on any atom is -0.497 e. The maximum absolute atomic E-state index is 12.8. The summed E-state index contributed by atoms with van der Waals surface area (Å²) in [6.07, 6.45) is 3.58. The Morgan fingerprint density at radius 3 is 2.58 bits per heavy atom. The Hall–Kier alpha value is -3.06. The largest absolute Gasteiger partial charge is 0.497 e. The van der Waals surface area contributed by atoms with Crippen molar-refractivity contribution < 1.29 is 19.1 Å². The van der Waals surface area contributed by atoms with Gasteiger partial charge in [0.05, 0.1) is 18.8 Å². The second-order valence-electron chi connectivity index (χ2n) is 7.93. The quantitative estimate of drug-likeness (QED) is 0.742. The fraction of sp³-hybridized carbons (Fsp3) is 0.417. The van der Waals surface area contributed by atoms with Gasteiger partial charge in [-0.05, 0) is 55.8 Å². The summed E-state index contributed by atoms with van der Waals surface area (Å²) in [6.45, 7) is 2.45. The van der Waals surface area contributed by atoms with Crippen molar-refractivity contribution in [1.29, 1.82) is 0 Å². The number of hydrogen-bond acceptors (Lipinski definition) is 5. The molecule has 31 heavy (non-hydrogen) atoms. The molecule has 2 heterocycles. The molecule has 1 atom stereocenters. The van der Waals surface area contributed by atoms with E-state index in [4.69, 9.17) is 9.47 Å². The highest BCUT2D eigenvalue weighted by atomic mass is 16.5. The molecule has 7 heteroatoms. The minimum absolute atomic E-state index is 0.0193. The van der Waals surface area contributed by atoms with Gasteiger partial charge in [0.15, 0.2) is 6.61 Å². The van der Waals surface area contributed by atoms with Crippen molar-refractivity contribution in [2.75, 3.05) is 44.8 Å². The van der Waals surface area contributed by atoms with Crippen LogP contribution >= 0.6 is 0 Å². The Balaban J connectivity index is 1.44. The monoisotopic (exact) mass is 423 g/mol. The van der Waals surface area contributed by atoms with Crippen LogP contribution in [-0.4, -0.2) is 56.6 Å². The number of anilines is 1. The summed E-state index contributed by atoms with van der Waals surface area (Å²) in [5, 5.41) is 3.06. The zero-order valence-electron chi connectivity index (χ0n) is 17.9. The molecule has 0 spiro atoms. The van der Waals surface area contributed by atoms with Crippen molar-refractivity contribution in [2.24, 2.45) is 0 Å². The number of rotatable bonds is 7. The van der Waals surface area contributed by atoms with E-state index in [-0.39, 0.29) is 31.0 Å². The summed E-state index contributed by atoms with van der Waals surface area (Å²) in [4.78, 5) is 29.1. The Labute approximate surface area is 182 Å². The van der Waals surface area contributed by atoms with E-state index < -0.39 is 0 Å². The SMILES string of the molecule is COc1ccc(C(CNC(=O)CN2C(=O)COc3ccccc32)N2CCCCC2)cc1. The molecule has 7 nitrogen and oxygen atoms in total. The third kappa shape index (κ3) is 4.99. The molecule has 0 saturated carbocycles. The van der Waals surface area contributed by atoms with Crippen molar-refractivity contribution in [3.8, 4) is 11.5 Å². The number of nitrogens with one attached hydrogen (secondary N) is 1. The van der Waals surface area contributed by atoms with Gasteiger partial charge in [0.25, 0.3) is 5.91 Å². The summed E-state index contributed by atoms with van der Waals surface area (Å²) >= 11 is 0. The maximum atomic E-state index is 12.8. The van der Waals surface area contributed by atoms with Crippen LogP contribution in [0.25, 0.3) is 0 Å². The van der Waals surface area contributed by atoms with Gasteiger partial charge in [-0.3, -0.25) is 19.4 Å². The summed E-state index contributed by atoms with van der Waals surface area (Å²) in [5.41, 5.74) is 1.78. The molecular formula is C24H29N3O4. The van der Waals surface area contributed by atoms with Gasteiger partial charge in [-0.25, -0.2) is 0 Å². The van der Waals surface area contributed by atoms with Gasteiger partial charge in [0.1, 0.15) is 18.0 Å². The first-order chi connectivity index (χ1) is 15.2. The lowest BCUT2D eigenvalue weighted by Crippen LogP contribution is -2.47. The summed E-state index contributed by atoms with van der Waals surface area (Å²) in [6, 6.07) is 15.4. The van der Waals surface area contributed by atoms with Crippen molar-refractivity contribution in [3.05, 3.63) is 54.1 Å². The Morgan fingerprint density at radius 1 is 1.10 bits per heavy atom. The summed E-state index contributed by atoms with van der Waals surface area (Å²) < 4.78 is 10.7. The number of benzene rings is 2. The van der Waals surface area contributed by atoms with Crippen molar-refractivity contribution in [3.63, 3.8) is 0 Å². The van der Waals surface area contributed by atoms with E-state index in [0.29, 0.717) is 18.0 Å². The number of nitrogens with zero attached hydrogens (tertiary/aromatic N) is 2. The zero-order chi connectivity index (χ0) is 21.6. The molecule has 0 bridgehead atoms. The summed E-state index contributed by atoms with van der Waals surface area (Å²) in [7, 11) is 1.66. The number of ether oxygens (including phenoxy) is 2.